The quantitative estimate of drug-likeness (QED) is 0.205. The zero-order valence-corrected chi connectivity index (χ0v) is 28.1. The molecule has 15 atom stereocenters. The van der Waals surface area contributed by atoms with Gasteiger partial charge in [0.15, 0.2) is 5.60 Å². The Bertz CT molecular complexity index is 1110. The van der Waals surface area contributed by atoms with Gasteiger partial charge in [-0.2, -0.15) is 0 Å². The topological polar surface area (TPSA) is 171 Å². The molecule has 6 fully saturated rings. The van der Waals surface area contributed by atoms with Gasteiger partial charge in [0.2, 0.25) is 0 Å². The molecule has 256 valence electrons. The van der Waals surface area contributed by atoms with Crippen LogP contribution in [0.3, 0.4) is 0 Å². The maximum Gasteiger partial charge on any atom is 0.341 e. The molecule has 5 saturated heterocycles. The van der Waals surface area contributed by atoms with Crippen LogP contribution in [-0.4, -0.2) is 89.1 Å². The van der Waals surface area contributed by atoms with E-state index in [-0.39, 0.29) is 54.4 Å². The number of Topliss-reactive ketones (excluding diaryl/α,β-unsaturated/α-hetero) is 1. The van der Waals surface area contributed by atoms with Crippen LogP contribution in [0.25, 0.3) is 0 Å². The minimum absolute atomic E-state index is 0.0115. The highest BCUT2D eigenvalue weighted by Gasteiger charge is 2.62. The number of fused-ring (bicyclic) bond motifs is 2. The molecule has 0 aromatic rings. The van der Waals surface area contributed by atoms with Crippen LogP contribution in [0.5, 0.6) is 0 Å². The van der Waals surface area contributed by atoms with Crippen molar-refractivity contribution in [1.29, 1.82) is 0 Å². The van der Waals surface area contributed by atoms with Gasteiger partial charge in [0.1, 0.15) is 11.9 Å². The lowest BCUT2D eigenvalue weighted by Crippen LogP contribution is -2.63. The summed E-state index contributed by atoms with van der Waals surface area (Å²) in [5.74, 6) is 0.278. The molecule has 0 aromatic heterocycles. The molecule has 0 aromatic carbocycles. The average Bonchev–Trinajstić information content (AvgIpc) is 3.62. The van der Waals surface area contributed by atoms with Crippen molar-refractivity contribution < 1.29 is 33.6 Å². The van der Waals surface area contributed by atoms with Gasteiger partial charge in [-0.3, -0.25) is 15.4 Å². The first-order chi connectivity index (χ1) is 21.1. The summed E-state index contributed by atoms with van der Waals surface area (Å²) < 4.78 is 24.7. The van der Waals surface area contributed by atoms with E-state index in [9.17, 15) is 14.7 Å². The molecule has 1 aliphatic carbocycles. The van der Waals surface area contributed by atoms with Crippen molar-refractivity contribution in [3.63, 3.8) is 0 Å². The van der Waals surface area contributed by atoms with Crippen LogP contribution >= 0.6 is 0 Å². The molecule has 6 aliphatic rings. The van der Waals surface area contributed by atoms with E-state index in [2.05, 4.69) is 24.5 Å². The minimum Gasteiger partial charge on any atom is -0.457 e. The smallest absolute Gasteiger partial charge is 0.341 e. The Balaban J connectivity index is 1.02. The number of aliphatic hydroxyl groups excluding tert-OH is 1. The highest BCUT2D eigenvalue weighted by molar-refractivity contribution is 5.84. The van der Waals surface area contributed by atoms with E-state index in [1.165, 1.54) is 0 Å². The zero-order chi connectivity index (χ0) is 32.4. The Hall–Kier alpha value is -1.18. The van der Waals surface area contributed by atoms with Gasteiger partial charge in [0.05, 0.1) is 54.4 Å². The molecule has 0 radical (unpaired) electrons. The highest BCUT2D eigenvalue weighted by Crippen LogP contribution is 2.48. The lowest BCUT2D eigenvalue weighted by molar-refractivity contribution is -0.257. The molecule has 0 bridgehead atoms. The minimum atomic E-state index is -0.993. The number of piperidine rings is 2. The van der Waals surface area contributed by atoms with Crippen molar-refractivity contribution in [3.8, 4) is 0 Å². The van der Waals surface area contributed by atoms with E-state index in [0.717, 1.165) is 38.5 Å². The van der Waals surface area contributed by atoms with Crippen molar-refractivity contribution in [2.24, 2.45) is 41.1 Å². The van der Waals surface area contributed by atoms with E-state index < -0.39 is 29.3 Å². The number of carbonyl (C=O) groups is 2. The predicted octanol–water partition coefficient (Wildman–Crippen LogP) is 2.11. The van der Waals surface area contributed by atoms with E-state index in [4.69, 9.17) is 30.4 Å². The Kier molecular flexibility index (Phi) is 9.51. The Labute approximate surface area is 268 Å². The van der Waals surface area contributed by atoms with Gasteiger partial charge in [0, 0.05) is 30.8 Å². The standard InChI is InChI=1S/C34H58N4O7/c1-16(2)21-12-19(13-29(36)37-21)22-10-18(11-28(35)38-22)7-8-26-34(6,45-26)32(41)43-27-14-20-24(44-33(27,4)5)15-25-30(31(20)40)23(39)9-17(3)42-25/h16-22,24-31,37-38,40H,7-15,35-36H2,1-6H3/t17?,18?,19?,20?,21?,22?,24?,25?,26-,27-,28?,29?,30?,31?,34+/m1/s1. The normalized spacial score (nSPS) is 49.6. The van der Waals surface area contributed by atoms with Crippen LogP contribution in [0.15, 0.2) is 0 Å². The zero-order valence-electron chi connectivity index (χ0n) is 28.1. The van der Waals surface area contributed by atoms with Crippen LogP contribution in [0, 0.1) is 29.6 Å². The number of nitrogens with two attached hydrogens (primary N) is 2. The molecule has 11 heteroatoms. The number of ketones is 1. The molecule has 1 saturated carbocycles. The molecule has 45 heavy (non-hydrogen) atoms. The lowest BCUT2D eigenvalue weighted by Gasteiger charge is -2.53. The monoisotopic (exact) mass is 634 g/mol. The fraction of sp³-hybridized carbons (Fsp3) is 0.941. The van der Waals surface area contributed by atoms with E-state index in [0.29, 0.717) is 49.1 Å². The van der Waals surface area contributed by atoms with E-state index >= 15 is 0 Å². The second-order valence-electron chi connectivity index (χ2n) is 16.3. The first-order valence-corrected chi connectivity index (χ1v) is 17.6. The van der Waals surface area contributed by atoms with Crippen molar-refractivity contribution in [1.82, 2.24) is 10.6 Å². The number of hydrogen-bond donors (Lipinski definition) is 5. The van der Waals surface area contributed by atoms with E-state index in [1.807, 2.05) is 27.7 Å². The molecule has 6 rings (SSSR count). The molecular weight excluding hydrogens is 576 g/mol. The lowest BCUT2D eigenvalue weighted by atomic mass is 9.67. The van der Waals surface area contributed by atoms with Gasteiger partial charge in [0.25, 0.3) is 0 Å². The summed E-state index contributed by atoms with van der Waals surface area (Å²) in [6, 6.07) is 0.756. The summed E-state index contributed by atoms with van der Waals surface area (Å²) in [6.07, 6.45) is 4.57. The molecule has 0 amide bonds. The largest absolute Gasteiger partial charge is 0.457 e. The van der Waals surface area contributed by atoms with Gasteiger partial charge in [-0.25, -0.2) is 4.79 Å². The van der Waals surface area contributed by atoms with Crippen molar-refractivity contribution in [3.05, 3.63) is 0 Å². The number of epoxide rings is 1. The number of aliphatic hydroxyl groups is 1. The SMILES string of the molecule is CC1CC(=O)C2C(CC3OC(C)(C)[C@H](OC(=O)[C@@]4(C)O[C@@H]4CCC4CC(N)NC(C5CC(N)NC(C(C)C)C5)C4)CC3C2O)O1. The van der Waals surface area contributed by atoms with Crippen molar-refractivity contribution in [2.45, 2.75) is 172 Å². The van der Waals surface area contributed by atoms with Crippen molar-refractivity contribution in [2.75, 3.05) is 0 Å². The van der Waals surface area contributed by atoms with Gasteiger partial charge in [-0.05, 0) is 90.4 Å². The maximum atomic E-state index is 13.5. The molecule has 5 heterocycles. The first-order valence-electron chi connectivity index (χ1n) is 17.6. The number of ether oxygens (including phenoxy) is 4. The van der Waals surface area contributed by atoms with E-state index in [1.54, 1.807) is 0 Å². The van der Waals surface area contributed by atoms with Crippen LogP contribution < -0.4 is 22.1 Å². The fourth-order valence-electron chi connectivity index (χ4n) is 9.33. The van der Waals surface area contributed by atoms with Gasteiger partial charge >= 0.3 is 5.97 Å². The number of rotatable bonds is 7. The third-order valence-corrected chi connectivity index (χ3v) is 12.1. The summed E-state index contributed by atoms with van der Waals surface area (Å²) in [5.41, 5.74) is 11.1. The number of nitrogens with one attached hydrogen (secondary N) is 2. The van der Waals surface area contributed by atoms with Crippen LogP contribution in [0.1, 0.15) is 99.3 Å². The van der Waals surface area contributed by atoms with Crippen LogP contribution in [0.4, 0.5) is 0 Å². The second kappa shape index (κ2) is 12.7. The number of carbonyl (C=O) groups excluding carboxylic acids is 2. The second-order valence-corrected chi connectivity index (χ2v) is 16.3. The fourth-order valence-corrected chi connectivity index (χ4v) is 9.33. The number of esters is 1. The first kappa shape index (κ1) is 33.7. The molecular formula is C34H58N4O7. The average molecular weight is 635 g/mol. The van der Waals surface area contributed by atoms with Gasteiger partial charge in [-0.15, -0.1) is 0 Å². The summed E-state index contributed by atoms with van der Waals surface area (Å²) in [6.45, 7) is 12.1. The maximum absolute atomic E-state index is 13.5. The third kappa shape index (κ3) is 6.88. The summed E-state index contributed by atoms with van der Waals surface area (Å²) in [5, 5.41) is 18.5. The summed E-state index contributed by atoms with van der Waals surface area (Å²) in [4.78, 5) is 26.4. The Morgan fingerprint density at radius 3 is 2.47 bits per heavy atom. The molecule has 7 N–H and O–H groups in total. The van der Waals surface area contributed by atoms with Crippen molar-refractivity contribution >= 4 is 11.8 Å². The third-order valence-electron chi connectivity index (χ3n) is 12.1. The van der Waals surface area contributed by atoms with Crippen LogP contribution in [-0.2, 0) is 28.5 Å². The molecule has 0 spiro atoms. The Morgan fingerprint density at radius 1 is 1.00 bits per heavy atom. The Morgan fingerprint density at radius 2 is 1.73 bits per heavy atom. The van der Waals surface area contributed by atoms with Gasteiger partial charge < -0.3 is 35.5 Å². The molecule has 11 nitrogen and oxygen atoms in total. The number of hydrogen-bond acceptors (Lipinski definition) is 11. The molecule has 5 aliphatic heterocycles. The molecule has 12 unspecified atom stereocenters. The van der Waals surface area contributed by atoms with Gasteiger partial charge in [-0.1, -0.05) is 13.8 Å². The summed E-state index contributed by atoms with van der Waals surface area (Å²) >= 11 is 0. The highest BCUT2D eigenvalue weighted by atomic mass is 16.7. The predicted molar refractivity (Wildman–Crippen MR) is 168 cm³/mol. The van der Waals surface area contributed by atoms with Crippen LogP contribution in [0.2, 0.25) is 0 Å². The summed E-state index contributed by atoms with van der Waals surface area (Å²) in [7, 11) is 0.